The van der Waals surface area contributed by atoms with Gasteiger partial charge in [0.2, 0.25) is 0 Å². The smallest absolute Gasteiger partial charge is 0.0725 e. The van der Waals surface area contributed by atoms with Gasteiger partial charge in [0.05, 0.1) is 5.41 Å². The molecule has 0 bridgehead atoms. The Kier molecular flexibility index (Phi) is 7.75. The van der Waals surface area contributed by atoms with Gasteiger partial charge in [0.25, 0.3) is 0 Å². The lowest BCUT2D eigenvalue weighted by molar-refractivity contribution is 0.794. The van der Waals surface area contributed by atoms with Gasteiger partial charge in [0.1, 0.15) is 0 Å². The molecule has 0 saturated carbocycles. The number of hydrogen-bond donors (Lipinski definition) is 0. The van der Waals surface area contributed by atoms with Crippen molar-refractivity contribution in [1.29, 1.82) is 0 Å². The molecule has 9 aromatic rings. The predicted molar refractivity (Wildman–Crippen MR) is 238 cm³/mol. The van der Waals surface area contributed by atoms with Crippen molar-refractivity contribution in [3.8, 4) is 33.4 Å². The fourth-order valence-electron chi connectivity index (χ4n) is 9.50. The highest BCUT2D eigenvalue weighted by molar-refractivity contribution is 5.97. The van der Waals surface area contributed by atoms with Crippen LogP contribution < -0.4 is 9.80 Å². The molecule has 0 fully saturated rings. The Morgan fingerprint density at radius 2 is 0.561 bits per heavy atom. The Balaban J connectivity index is 1.17. The summed E-state index contributed by atoms with van der Waals surface area (Å²) in [5, 5.41) is 0. The average Bonchev–Trinajstić information content (AvgIpc) is 3.75. The van der Waals surface area contributed by atoms with E-state index in [2.05, 4.69) is 240 Å². The van der Waals surface area contributed by atoms with E-state index in [0.717, 1.165) is 39.7 Å². The van der Waals surface area contributed by atoms with Crippen LogP contribution in [0.15, 0.2) is 231 Å². The quantitative estimate of drug-likeness (QED) is 0.161. The molecule has 0 atom stereocenters. The topological polar surface area (TPSA) is 6.48 Å². The van der Waals surface area contributed by atoms with Crippen LogP contribution in [0.4, 0.5) is 34.1 Å². The summed E-state index contributed by atoms with van der Waals surface area (Å²) in [5.41, 5.74) is 19.1. The molecule has 0 N–H and O–H groups in total. The first kappa shape index (κ1) is 33.0. The molecular formula is C55H38N2. The van der Waals surface area contributed by atoms with Crippen LogP contribution in [0.3, 0.4) is 0 Å². The van der Waals surface area contributed by atoms with Gasteiger partial charge < -0.3 is 9.80 Å². The lowest BCUT2D eigenvalue weighted by Gasteiger charge is -2.31. The average molecular weight is 727 g/mol. The minimum atomic E-state index is -0.376. The molecule has 0 unspecified atom stereocenters. The predicted octanol–water partition coefficient (Wildman–Crippen LogP) is 14.6. The van der Waals surface area contributed by atoms with Crippen molar-refractivity contribution in [3.63, 3.8) is 0 Å². The number of benzene rings is 9. The van der Waals surface area contributed by atoms with Crippen LogP contribution in [0.1, 0.15) is 22.3 Å². The van der Waals surface area contributed by atoms with Gasteiger partial charge in [-0.1, -0.05) is 158 Å². The molecule has 2 nitrogen and oxygen atoms in total. The van der Waals surface area contributed by atoms with E-state index in [1.165, 1.54) is 50.1 Å². The molecule has 2 heteroatoms. The summed E-state index contributed by atoms with van der Waals surface area (Å²) in [6.45, 7) is 0. The lowest BCUT2D eigenvalue weighted by atomic mass is 9.70. The molecule has 268 valence electrons. The van der Waals surface area contributed by atoms with Crippen LogP contribution in [0.5, 0.6) is 0 Å². The summed E-state index contributed by atoms with van der Waals surface area (Å²) in [4.78, 5) is 4.73. The fourth-order valence-corrected chi connectivity index (χ4v) is 9.50. The van der Waals surface area contributed by atoms with E-state index >= 15 is 0 Å². The Morgan fingerprint density at radius 1 is 0.228 bits per heavy atom. The zero-order valence-electron chi connectivity index (χ0n) is 31.3. The minimum absolute atomic E-state index is 0.376. The molecule has 0 radical (unpaired) electrons. The molecule has 2 aliphatic carbocycles. The van der Waals surface area contributed by atoms with Crippen molar-refractivity contribution in [1.82, 2.24) is 0 Å². The molecule has 2 aliphatic rings. The summed E-state index contributed by atoms with van der Waals surface area (Å²) in [7, 11) is 0. The van der Waals surface area contributed by atoms with E-state index < -0.39 is 0 Å². The molecule has 0 aliphatic heterocycles. The lowest BCUT2D eigenvalue weighted by Crippen LogP contribution is -2.25. The van der Waals surface area contributed by atoms with Crippen LogP contribution >= 0.6 is 0 Å². The SMILES string of the molecule is c1ccc(N(c2ccccc2)c2cc(-c3ccc4c(c3)-c3ccccc3C43c4ccccc4-c4ccccc43)cc(N(c3ccccc3)c3ccccc3)c2)cc1. The van der Waals surface area contributed by atoms with Gasteiger partial charge in [0, 0.05) is 34.1 Å². The van der Waals surface area contributed by atoms with E-state index in [4.69, 9.17) is 0 Å². The second kappa shape index (κ2) is 13.4. The summed E-state index contributed by atoms with van der Waals surface area (Å²) >= 11 is 0. The van der Waals surface area contributed by atoms with Gasteiger partial charge in [-0.05, 0) is 128 Å². The number of anilines is 6. The Morgan fingerprint density at radius 3 is 0.965 bits per heavy atom. The van der Waals surface area contributed by atoms with Crippen LogP contribution in [-0.2, 0) is 5.41 Å². The molecule has 1 spiro atoms. The maximum absolute atomic E-state index is 2.44. The van der Waals surface area contributed by atoms with Crippen molar-refractivity contribution in [3.05, 3.63) is 253 Å². The van der Waals surface area contributed by atoms with E-state index in [1.54, 1.807) is 0 Å². The van der Waals surface area contributed by atoms with Gasteiger partial charge in [0.15, 0.2) is 0 Å². The summed E-state index contributed by atoms with van der Waals surface area (Å²) in [6, 6.07) is 84.1. The molecule has 0 saturated heterocycles. The molecule has 0 heterocycles. The van der Waals surface area contributed by atoms with Crippen LogP contribution in [0.2, 0.25) is 0 Å². The third-order valence-corrected chi connectivity index (χ3v) is 11.8. The highest BCUT2D eigenvalue weighted by atomic mass is 15.2. The Bertz CT molecular complexity index is 2680. The molecule has 0 amide bonds. The Labute approximate surface area is 334 Å². The monoisotopic (exact) mass is 726 g/mol. The molecule has 9 aromatic carbocycles. The fraction of sp³-hybridized carbons (Fsp3) is 0.0182. The van der Waals surface area contributed by atoms with Crippen LogP contribution in [0, 0.1) is 0 Å². The number of fused-ring (bicyclic) bond motifs is 10. The Hall–Kier alpha value is -7.42. The number of nitrogens with zero attached hydrogens (tertiary/aromatic N) is 2. The standard InChI is InChI=1S/C55H38N2/c1-5-19-41(20-6-1)56(42-21-7-2-8-22-42)45-35-40(36-46(38-45)57(43-23-9-3-10-24-43)44-25-11-4-12-26-44)39-33-34-54-50(37-39)49-29-15-18-32-53(49)55(54)51-30-16-13-27-47(51)48-28-14-17-31-52(48)55/h1-38H. The first-order chi connectivity index (χ1) is 28.3. The van der Waals surface area contributed by atoms with Gasteiger partial charge in [-0.25, -0.2) is 0 Å². The van der Waals surface area contributed by atoms with Gasteiger partial charge in [-0.3, -0.25) is 0 Å². The third kappa shape index (κ3) is 5.18. The summed E-state index contributed by atoms with van der Waals surface area (Å²) < 4.78 is 0. The number of para-hydroxylation sites is 4. The number of rotatable bonds is 7. The molecule has 57 heavy (non-hydrogen) atoms. The van der Waals surface area contributed by atoms with Crippen molar-refractivity contribution in [2.24, 2.45) is 0 Å². The van der Waals surface area contributed by atoms with Gasteiger partial charge in [-0.15, -0.1) is 0 Å². The van der Waals surface area contributed by atoms with E-state index in [9.17, 15) is 0 Å². The molecule has 0 aromatic heterocycles. The van der Waals surface area contributed by atoms with Crippen molar-refractivity contribution >= 4 is 34.1 Å². The van der Waals surface area contributed by atoms with E-state index in [-0.39, 0.29) is 5.41 Å². The van der Waals surface area contributed by atoms with Gasteiger partial charge >= 0.3 is 0 Å². The summed E-state index contributed by atoms with van der Waals surface area (Å²) in [5.74, 6) is 0. The third-order valence-electron chi connectivity index (χ3n) is 11.8. The highest BCUT2D eigenvalue weighted by Gasteiger charge is 2.51. The van der Waals surface area contributed by atoms with Crippen LogP contribution in [0.25, 0.3) is 33.4 Å². The maximum atomic E-state index is 2.44. The molecular weight excluding hydrogens is 689 g/mol. The van der Waals surface area contributed by atoms with E-state index in [0.29, 0.717) is 0 Å². The highest BCUT2D eigenvalue weighted by Crippen LogP contribution is 2.63. The first-order valence-corrected chi connectivity index (χ1v) is 19.7. The second-order valence-electron chi connectivity index (χ2n) is 14.9. The minimum Gasteiger partial charge on any atom is -0.310 e. The van der Waals surface area contributed by atoms with E-state index in [1.807, 2.05) is 0 Å². The maximum Gasteiger partial charge on any atom is 0.0725 e. The van der Waals surface area contributed by atoms with Gasteiger partial charge in [-0.2, -0.15) is 0 Å². The van der Waals surface area contributed by atoms with Crippen LogP contribution in [-0.4, -0.2) is 0 Å². The zero-order chi connectivity index (χ0) is 37.8. The summed E-state index contributed by atoms with van der Waals surface area (Å²) in [6.07, 6.45) is 0. The first-order valence-electron chi connectivity index (χ1n) is 19.7. The number of hydrogen-bond acceptors (Lipinski definition) is 2. The second-order valence-corrected chi connectivity index (χ2v) is 14.9. The van der Waals surface area contributed by atoms with Crippen molar-refractivity contribution in [2.45, 2.75) is 5.41 Å². The largest absolute Gasteiger partial charge is 0.310 e. The van der Waals surface area contributed by atoms with Crippen molar-refractivity contribution < 1.29 is 0 Å². The normalized spacial score (nSPS) is 12.7. The zero-order valence-corrected chi connectivity index (χ0v) is 31.3. The molecule has 11 rings (SSSR count). The van der Waals surface area contributed by atoms with Crippen molar-refractivity contribution in [2.75, 3.05) is 9.80 Å².